The third-order valence-electron chi connectivity index (χ3n) is 3.84. The van der Waals surface area contributed by atoms with Crippen molar-refractivity contribution in [2.75, 3.05) is 0 Å². The molecule has 2 heterocycles. The molecule has 0 aliphatic heterocycles. The van der Waals surface area contributed by atoms with E-state index in [1.807, 2.05) is 12.3 Å². The summed E-state index contributed by atoms with van der Waals surface area (Å²) in [4.78, 5) is 8.67. The largest absolute Gasteiger partial charge is 0.252 e. The number of fused-ring (bicyclic) bond motifs is 1. The second kappa shape index (κ2) is 4.16. The highest BCUT2D eigenvalue weighted by Crippen LogP contribution is 2.37. The minimum atomic E-state index is 0.645. The zero-order valence-corrected chi connectivity index (χ0v) is 10.5. The Morgan fingerprint density at radius 2 is 2.11 bits per heavy atom. The number of hydrogen-bond donors (Lipinski definition) is 0. The van der Waals surface area contributed by atoms with Crippen molar-refractivity contribution < 1.29 is 0 Å². The summed E-state index contributed by atoms with van der Waals surface area (Å²) < 4.78 is 1.71. The average molecular weight is 250 g/mol. The third kappa shape index (κ3) is 1.80. The highest BCUT2D eigenvalue weighted by Gasteiger charge is 2.20. The lowest BCUT2D eigenvalue weighted by Gasteiger charge is -2.25. The molecule has 1 aliphatic rings. The lowest BCUT2D eigenvalue weighted by molar-refractivity contribution is 0.420. The molecule has 1 fully saturated rings. The standard InChI is InChI=1S/C15H14N4/c1-4-11(5-1)12-6-2-7-13(10-12)14-17-15-16-8-3-9-19(15)18-14/h2-3,6-11H,1,4-5H2. The van der Waals surface area contributed by atoms with Crippen LogP contribution in [0.4, 0.5) is 0 Å². The van der Waals surface area contributed by atoms with Crippen LogP contribution < -0.4 is 0 Å². The first-order valence-electron chi connectivity index (χ1n) is 6.68. The van der Waals surface area contributed by atoms with Gasteiger partial charge in [0.2, 0.25) is 0 Å². The van der Waals surface area contributed by atoms with Crippen LogP contribution in [0.15, 0.2) is 42.7 Å². The van der Waals surface area contributed by atoms with Crippen LogP contribution in [-0.4, -0.2) is 19.6 Å². The minimum Gasteiger partial charge on any atom is -0.220 e. The van der Waals surface area contributed by atoms with Crippen LogP contribution in [0.1, 0.15) is 30.7 Å². The highest BCUT2D eigenvalue weighted by molar-refractivity contribution is 5.58. The van der Waals surface area contributed by atoms with E-state index in [4.69, 9.17) is 0 Å². The van der Waals surface area contributed by atoms with Crippen molar-refractivity contribution >= 4 is 5.78 Å². The number of nitrogens with zero attached hydrogens (tertiary/aromatic N) is 4. The van der Waals surface area contributed by atoms with Gasteiger partial charge in [-0.1, -0.05) is 24.6 Å². The first-order chi connectivity index (χ1) is 9.40. The van der Waals surface area contributed by atoms with Gasteiger partial charge in [-0.3, -0.25) is 0 Å². The summed E-state index contributed by atoms with van der Waals surface area (Å²) in [6.07, 6.45) is 7.58. The Bertz CT molecular complexity index is 695. The van der Waals surface area contributed by atoms with E-state index in [9.17, 15) is 0 Å². The Kier molecular flexibility index (Phi) is 2.33. The van der Waals surface area contributed by atoms with Crippen LogP contribution in [0, 0.1) is 0 Å². The van der Waals surface area contributed by atoms with Gasteiger partial charge in [-0.15, -0.1) is 5.10 Å². The van der Waals surface area contributed by atoms with Gasteiger partial charge in [-0.25, -0.2) is 9.50 Å². The zero-order chi connectivity index (χ0) is 12.7. The van der Waals surface area contributed by atoms with E-state index in [0.29, 0.717) is 5.78 Å². The van der Waals surface area contributed by atoms with E-state index in [0.717, 1.165) is 17.3 Å². The normalized spacial score (nSPS) is 15.6. The molecular formula is C15H14N4. The Labute approximate surface area is 111 Å². The quantitative estimate of drug-likeness (QED) is 0.702. The molecule has 4 nitrogen and oxygen atoms in total. The maximum atomic E-state index is 4.47. The molecule has 94 valence electrons. The minimum absolute atomic E-state index is 0.645. The molecule has 19 heavy (non-hydrogen) atoms. The number of aromatic nitrogens is 4. The Morgan fingerprint density at radius 3 is 2.89 bits per heavy atom. The number of benzene rings is 1. The van der Waals surface area contributed by atoms with Gasteiger partial charge >= 0.3 is 0 Å². The van der Waals surface area contributed by atoms with Crippen LogP contribution in [0.3, 0.4) is 0 Å². The molecule has 0 saturated heterocycles. The van der Waals surface area contributed by atoms with Crippen molar-refractivity contribution in [3.63, 3.8) is 0 Å². The lowest BCUT2D eigenvalue weighted by Crippen LogP contribution is -2.08. The van der Waals surface area contributed by atoms with Crippen LogP contribution >= 0.6 is 0 Å². The monoisotopic (exact) mass is 250 g/mol. The fourth-order valence-corrected chi connectivity index (χ4v) is 2.53. The van der Waals surface area contributed by atoms with Gasteiger partial charge in [0.15, 0.2) is 5.82 Å². The van der Waals surface area contributed by atoms with Crippen LogP contribution in [0.2, 0.25) is 0 Å². The predicted octanol–water partition coefficient (Wildman–Crippen LogP) is 3.06. The first kappa shape index (κ1) is 10.7. The van der Waals surface area contributed by atoms with E-state index >= 15 is 0 Å². The molecule has 0 N–H and O–H groups in total. The highest BCUT2D eigenvalue weighted by atomic mass is 15.3. The summed E-state index contributed by atoms with van der Waals surface area (Å²) in [5, 5.41) is 4.47. The molecule has 4 heteroatoms. The molecule has 3 aromatic rings. The van der Waals surface area contributed by atoms with E-state index in [2.05, 4.69) is 39.3 Å². The molecule has 0 spiro atoms. The fraction of sp³-hybridized carbons (Fsp3) is 0.267. The van der Waals surface area contributed by atoms with Gasteiger partial charge < -0.3 is 0 Å². The van der Waals surface area contributed by atoms with Gasteiger partial charge in [0.1, 0.15) is 0 Å². The molecule has 0 radical (unpaired) electrons. The number of rotatable bonds is 2. The van der Waals surface area contributed by atoms with E-state index in [1.165, 1.54) is 24.8 Å². The molecule has 0 amide bonds. The predicted molar refractivity (Wildman–Crippen MR) is 72.8 cm³/mol. The average Bonchev–Trinajstić information content (AvgIpc) is 2.81. The maximum absolute atomic E-state index is 4.47. The summed E-state index contributed by atoms with van der Waals surface area (Å²) >= 11 is 0. The Balaban J connectivity index is 1.78. The Morgan fingerprint density at radius 1 is 1.16 bits per heavy atom. The molecule has 1 saturated carbocycles. The van der Waals surface area contributed by atoms with Gasteiger partial charge in [0.25, 0.3) is 5.78 Å². The molecule has 2 aromatic heterocycles. The molecular weight excluding hydrogens is 236 g/mol. The van der Waals surface area contributed by atoms with Crippen molar-refractivity contribution in [1.82, 2.24) is 19.6 Å². The summed E-state index contributed by atoms with van der Waals surface area (Å²) in [6, 6.07) is 10.5. The van der Waals surface area contributed by atoms with Gasteiger partial charge in [-0.05, 0) is 36.5 Å². The van der Waals surface area contributed by atoms with Gasteiger partial charge in [0.05, 0.1) is 0 Å². The number of hydrogen-bond acceptors (Lipinski definition) is 3. The fourth-order valence-electron chi connectivity index (χ4n) is 2.53. The van der Waals surface area contributed by atoms with E-state index in [-0.39, 0.29) is 0 Å². The summed E-state index contributed by atoms with van der Waals surface area (Å²) in [5.74, 6) is 2.13. The van der Waals surface area contributed by atoms with Crippen molar-refractivity contribution in [3.8, 4) is 11.4 Å². The topological polar surface area (TPSA) is 43.1 Å². The van der Waals surface area contributed by atoms with Crippen molar-refractivity contribution in [3.05, 3.63) is 48.3 Å². The van der Waals surface area contributed by atoms with E-state index in [1.54, 1.807) is 10.7 Å². The van der Waals surface area contributed by atoms with Crippen LogP contribution in [0.5, 0.6) is 0 Å². The molecule has 4 rings (SSSR count). The van der Waals surface area contributed by atoms with Gasteiger partial charge in [0, 0.05) is 18.0 Å². The maximum Gasteiger partial charge on any atom is 0.252 e. The van der Waals surface area contributed by atoms with Crippen molar-refractivity contribution in [1.29, 1.82) is 0 Å². The molecule has 0 atom stereocenters. The molecule has 0 unspecified atom stereocenters. The molecule has 0 bridgehead atoms. The Hall–Kier alpha value is -2.23. The van der Waals surface area contributed by atoms with E-state index < -0.39 is 0 Å². The summed E-state index contributed by atoms with van der Waals surface area (Å²) in [6.45, 7) is 0. The summed E-state index contributed by atoms with van der Waals surface area (Å²) in [5.41, 5.74) is 2.49. The zero-order valence-electron chi connectivity index (χ0n) is 10.5. The van der Waals surface area contributed by atoms with Crippen molar-refractivity contribution in [2.24, 2.45) is 0 Å². The second-order valence-electron chi connectivity index (χ2n) is 5.05. The van der Waals surface area contributed by atoms with Gasteiger partial charge in [-0.2, -0.15) is 4.98 Å². The molecule has 1 aliphatic carbocycles. The first-order valence-corrected chi connectivity index (χ1v) is 6.68. The van der Waals surface area contributed by atoms with Crippen LogP contribution in [-0.2, 0) is 0 Å². The smallest absolute Gasteiger partial charge is 0.220 e. The summed E-state index contributed by atoms with van der Waals surface area (Å²) in [7, 11) is 0. The third-order valence-corrected chi connectivity index (χ3v) is 3.84. The molecule has 1 aromatic carbocycles. The van der Waals surface area contributed by atoms with Crippen molar-refractivity contribution in [2.45, 2.75) is 25.2 Å². The lowest BCUT2D eigenvalue weighted by atomic mass is 9.80. The second-order valence-corrected chi connectivity index (χ2v) is 5.05. The van der Waals surface area contributed by atoms with Crippen LogP contribution in [0.25, 0.3) is 17.2 Å². The SMILES string of the molecule is c1cc(-c2nc3ncccn3n2)cc(C2CCC2)c1.